The minimum absolute atomic E-state index is 1.15. The van der Waals surface area contributed by atoms with E-state index in [-0.39, 0.29) is 0 Å². The summed E-state index contributed by atoms with van der Waals surface area (Å²) < 4.78 is 5.02. The smallest absolute Gasteiger partial charge is 0.0640 e. The molecule has 9 aromatic carbocycles. The van der Waals surface area contributed by atoms with Crippen LogP contribution in [0.15, 0.2) is 182 Å². The summed E-state index contributed by atoms with van der Waals surface area (Å²) in [7, 11) is 0. The first kappa shape index (κ1) is 29.0. The van der Waals surface area contributed by atoms with Gasteiger partial charge in [0.2, 0.25) is 0 Å². The van der Waals surface area contributed by atoms with E-state index in [4.69, 9.17) is 0 Å². The number of hydrogen-bond acceptors (Lipinski definition) is 2. The molecule has 0 spiro atoms. The second-order valence-corrected chi connectivity index (χ2v) is 15.2. The molecule has 1 aliphatic rings. The Morgan fingerprint density at radius 2 is 0.943 bits per heavy atom. The van der Waals surface area contributed by atoms with Gasteiger partial charge in [0, 0.05) is 43.3 Å². The Kier molecular flexibility index (Phi) is 5.96. The lowest BCUT2D eigenvalue weighted by Gasteiger charge is -2.28. The van der Waals surface area contributed by atoms with Gasteiger partial charge in [-0.15, -0.1) is 11.3 Å². The van der Waals surface area contributed by atoms with Gasteiger partial charge >= 0.3 is 0 Å². The lowest BCUT2D eigenvalue weighted by Crippen LogP contribution is -2.10. The van der Waals surface area contributed by atoms with Crippen molar-refractivity contribution in [3.8, 4) is 27.9 Å². The summed E-state index contributed by atoms with van der Waals surface area (Å²) in [5.41, 5.74) is 12.5. The number of hydrogen-bond donors (Lipinski definition) is 0. The van der Waals surface area contributed by atoms with E-state index in [1.54, 1.807) is 0 Å². The summed E-state index contributed by atoms with van der Waals surface area (Å²) in [6.07, 6.45) is 0. The summed E-state index contributed by atoms with van der Waals surface area (Å²) in [5, 5.41) is 10.2. The van der Waals surface area contributed by atoms with Crippen LogP contribution in [-0.2, 0) is 0 Å². The molecule has 0 atom stereocenters. The van der Waals surface area contributed by atoms with Crippen molar-refractivity contribution in [2.45, 2.75) is 0 Å². The van der Waals surface area contributed by atoms with Crippen LogP contribution in [0.2, 0.25) is 0 Å². The highest BCUT2D eigenvalue weighted by molar-refractivity contribution is 7.26. The third-order valence-corrected chi connectivity index (χ3v) is 12.4. The van der Waals surface area contributed by atoms with Gasteiger partial charge in [-0.1, -0.05) is 97.1 Å². The van der Waals surface area contributed by atoms with Crippen molar-refractivity contribution in [3.63, 3.8) is 0 Å². The molecule has 2 heterocycles. The third kappa shape index (κ3) is 4.20. The van der Waals surface area contributed by atoms with E-state index < -0.39 is 0 Å². The number of rotatable bonds is 4. The number of para-hydroxylation sites is 3. The van der Waals surface area contributed by atoms with Gasteiger partial charge in [0.15, 0.2) is 0 Å². The van der Waals surface area contributed by atoms with Crippen molar-refractivity contribution in [1.29, 1.82) is 0 Å². The average molecular weight is 691 g/mol. The van der Waals surface area contributed by atoms with Gasteiger partial charge in [-0.2, -0.15) is 0 Å². The van der Waals surface area contributed by atoms with E-state index >= 15 is 0 Å². The second-order valence-electron chi connectivity index (χ2n) is 14.2. The molecule has 0 saturated carbocycles. The molecule has 2 nitrogen and oxygen atoms in total. The first-order chi connectivity index (χ1) is 26.3. The normalized spacial score (nSPS) is 12.2. The van der Waals surface area contributed by atoms with Gasteiger partial charge in [-0.05, 0) is 129 Å². The van der Waals surface area contributed by atoms with Gasteiger partial charge in [-0.3, -0.25) is 0 Å². The second kappa shape index (κ2) is 10.9. The van der Waals surface area contributed by atoms with Crippen molar-refractivity contribution in [1.82, 2.24) is 4.57 Å². The largest absolute Gasteiger partial charge is 0.309 e. The van der Waals surface area contributed by atoms with Gasteiger partial charge < -0.3 is 9.47 Å². The van der Waals surface area contributed by atoms with Crippen molar-refractivity contribution in [2.75, 3.05) is 4.90 Å². The summed E-state index contributed by atoms with van der Waals surface area (Å²) in [6.45, 7) is 0. The summed E-state index contributed by atoms with van der Waals surface area (Å²) in [4.78, 5) is 2.42. The van der Waals surface area contributed by atoms with Gasteiger partial charge in [-0.25, -0.2) is 0 Å². The molecule has 0 unspecified atom stereocenters. The Hall–Kier alpha value is -6.68. The Labute approximate surface area is 310 Å². The zero-order valence-corrected chi connectivity index (χ0v) is 29.4. The standard InChI is InChI=1S/C50H30N2S/c1-2-11-35(12-3-1)51(48-19-10-16-41-40-15-6-9-20-49(40)53-50(41)48)36-23-21-31-27-42-43-28-32-22-24-37(26-34(32)30-45(43)44(42)29-33(31)25-36)52-46-17-7-4-13-38(46)39-14-5-8-18-47(39)52/h1-30H. The fraction of sp³-hybridized carbons (Fsp3) is 0. The van der Waals surface area contributed by atoms with E-state index in [0.717, 1.165) is 11.4 Å². The van der Waals surface area contributed by atoms with Crippen LogP contribution in [0, 0.1) is 0 Å². The van der Waals surface area contributed by atoms with Crippen LogP contribution in [0.4, 0.5) is 17.1 Å². The van der Waals surface area contributed by atoms with Crippen LogP contribution in [-0.4, -0.2) is 4.57 Å². The molecule has 2 aromatic heterocycles. The number of nitrogens with zero attached hydrogens (tertiary/aromatic N) is 2. The van der Waals surface area contributed by atoms with Crippen LogP contribution in [0.25, 0.3) is 91.5 Å². The molecule has 0 fully saturated rings. The first-order valence-electron chi connectivity index (χ1n) is 18.2. The lowest BCUT2D eigenvalue weighted by atomic mass is 9.78. The molecule has 0 N–H and O–H groups in total. The molecular weight excluding hydrogens is 661 g/mol. The van der Waals surface area contributed by atoms with Crippen LogP contribution >= 0.6 is 11.3 Å². The zero-order valence-electron chi connectivity index (χ0n) is 28.6. The van der Waals surface area contributed by atoms with E-state index in [9.17, 15) is 0 Å². The maximum Gasteiger partial charge on any atom is 0.0640 e. The Morgan fingerprint density at radius 3 is 1.66 bits per heavy atom. The molecule has 53 heavy (non-hydrogen) atoms. The van der Waals surface area contributed by atoms with E-state index in [1.165, 1.54) is 97.2 Å². The number of thiophene rings is 1. The molecule has 0 amide bonds. The lowest BCUT2D eigenvalue weighted by molar-refractivity contribution is 1.19. The molecule has 3 heteroatoms. The summed E-state index contributed by atoms with van der Waals surface area (Å²) >= 11 is 1.87. The predicted octanol–water partition coefficient (Wildman–Crippen LogP) is 14.6. The summed E-state index contributed by atoms with van der Waals surface area (Å²) in [5.74, 6) is 0. The number of anilines is 3. The molecule has 11 aromatic rings. The van der Waals surface area contributed by atoms with Crippen LogP contribution in [0.5, 0.6) is 0 Å². The molecule has 0 saturated heterocycles. The highest BCUT2D eigenvalue weighted by Gasteiger charge is 2.25. The van der Waals surface area contributed by atoms with Crippen LogP contribution in [0.1, 0.15) is 0 Å². The van der Waals surface area contributed by atoms with E-state index in [0.29, 0.717) is 0 Å². The molecule has 0 aliphatic heterocycles. The first-order valence-corrected chi connectivity index (χ1v) is 19.0. The average Bonchev–Trinajstić information content (AvgIpc) is 3.76. The molecule has 0 radical (unpaired) electrons. The Balaban J connectivity index is 0.992. The minimum Gasteiger partial charge on any atom is -0.309 e. The number of benzene rings is 9. The van der Waals surface area contributed by atoms with Gasteiger partial charge in [0.25, 0.3) is 0 Å². The topological polar surface area (TPSA) is 8.17 Å². The minimum atomic E-state index is 1.15. The SMILES string of the molecule is c1ccc(N(c2ccc3cc4c(cc3c2)-c2cc3cc(-n5c6ccccc6c6ccccc65)ccc3cc2-4)c2cccc3c2sc2ccccc23)cc1. The molecular formula is C50H30N2S. The zero-order chi connectivity index (χ0) is 34.6. The van der Waals surface area contributed by atoms with E-state index in [2.05, 4.69) is 191 Å². The monoisotopic (exact) mass is 690 g/mol. The fourth-order valence-corrected chi connectivity index (χ4v) is 10.00. The van der Waals surface area contributed by atoms with Crippen molar-refractivity contribution < 1.29 is 0 Å². The van der Waals surface area contributed by atoms with Crippen LogP contribution < -0.4 is 4.90 Å². The number of fused-ring (bicyclic) bond motifs is 12. The predicted molar refractivity (Wildman–Crippen MR) is 228 cm³/mol. The van der Waals surface area contributed by atoms with Crippen molar-refractivity contribution in [3.05, 3.63) is 182 Å². The third-order valence-electron chi connectivity index (χ3n) is 11.2. The Morgan fingerprint density at radius 1 is 0.377 bits per heavy atom. The highest BCUT2D eigenvalue weighted by atomic mass is 32.1. The van der Waals surface area contributed by atoms with Gasteiger partial charge in [0.05, 0.1) is 21.4 Å². The molecule has 0 bridgehead atoms. The summed E-state index contributed by atoms with van der Waals surface area (Å²) in [6, 6.07) is 67.1. The molecule has 1 aliphatic carbocycles. The van der Waals surface area contributed by atoms with Crippen molar-refractivity contribution in [2.24, 2.45) is 0 Å². The molecule has 246 valence electrons. The number of aromatic nitrogens is 1. The van der Waals surface area contributed by atoms with Crippen LogP contribution in [0.3, 0.4) is 0 Å². The quantitative estimate of drug-likeness (QED) is 0.178. The maximum absolute atomic E-state index is 2.42. The maximum atomic E-state index is 2.42. The van der Waals surface area contributed by atoms with Gasteiger partial charge in [0.1, 0.15) is 0 Å². The fourth-order valence-electron chi connectivity index (χ4n) is 8.79. The van der Waals surface area contributed by atoms with Crippen molar-refractivity contribution >= 4 is 91.9 Å². The Bertz CT molecular complexity index is 3240. The highest BCUT2D eigenvalue weighted by Crippen LogP contribution is 2.51. The molecule has 12 rings (SSSR count). The van der Waals surface area contributed by atoms with E-state index in [1.807, 2.05) is 11.3 Å².